The van der Waals surface area contributed by atoms with Gasteiger partial charge in [0.05, 0.1) is 0 Å². The van der Waals surface area contributed by atoms with Gasteiger partial charge in [-0.05, 0) is 6.07 Å². The van der Waals surface area contributed by atoms with Crippen LogP contribution in [0.4, 0.5) is 10.2 Å². The number of H-pyrrole nitrogens is 1. The number of nitrogens with zero attached hydrogens (tertiary/aromatic N) is 1. The lowest BCUT2D eigenvalue weighted by atomic mass is 10.2. The van der Waals surface area contributed by atoms with Crippen molar-refractivity contribution in [1.29, 1.82) is 0 Å². The SMILES string of the molecule is Nc1cc(C(=O)OCc2ccccc2F)[nH]n1. The number of carbonyl (C=O) groups excluding carboxylic acids is 1. The third-order valence-corrected chi connectivity index (χ3v) is 2.13. The predicted molar refractivity (Wildman–Crippen MR) is 58.5 cm³/mol. The van der Waals surface area contributed by atoms with Crippen molar-refractivity contribution in [2.75, 3.05) is 5.73 Å². The van der Waals surface area contributed by atoms with Crippen LogP contribution in [0.15, 0.2) is 30.3 Å². The molecule has 1 aromatic heterocycles. The molecule has 1 aromatic carbocycles. The number of halogens is 1. The normalized spacial score (nSPS) is 10.2. The van der Waals surface area contributed by atoms with Crippen molar-refractivity contribution in [2.24, 2.45) is 0 Å². The van der Waals surface area contributed by atoms with E-state index < -0.39 is 11.8 Å². The summed E-state index contributed by atoms with van der Waals surface area (Å²) in [6, 6.07) is 7.43. The predicted octanol–water partition coefficient (Wildman–Crippen LogP) is 1.49. The molecule has 0 spiro atoms. The van der Waals surface area contributed by atoms with E-state index >= 15 is 0 Å². The van der Waals surface area contributed by atoms with E-state index in [2.05, 4.69) is 10.2 Å². The fourth-order valence-electron chi connectivity index (χ4n) is 1.28. The number of nitrogens with one attached hydrogen (secondary N) is 1. The number of esters is 1. The Morgan fingerprint density at radius 2 is 2.24 bits per heavy atom. The zero-order chi connectivity index (χ0) is 12.3. The van der Waals surface area contributed by atoms with E-state index in [9.17, 15) is 9.18 Å². The second kappa shape index (κ2) is 4.65. The zero-order valence-corrected chi connectivity index (χ0v) is 8.81. The van der Waals surface area contributed by atoms with Crippen LogP contribution in [0.5, 0.6) is 0 Å². The summed E-state index contributed by atoms with van der Waals surface area (Å²) in [6.07, 6.45) is 0. The number of carbonyl (C=O) groups is 1. The number of benzene rings is 1. The third kappa shape index (κ3) is 2.60. The number of nitrogens with two attached hydrogens (primary N) is 1. The van der Waals surface area contributed by atoms with Crippen molar-refractivity contribution in [3.63, 3.8) is 0 Å². The van der Waals surface area contributed by atoms with Crippen molar-refractivity contribution < 1.29 is 13.9 Å². The van der Waals surface area contributed by atoms with E-state index in [1.165, 1.54) is 12.1 Å². The summed E-state index contributed by atoms with van der Waals surface area (Å²) in [5, 5.41) is 6.00. The fraction of sp³-hybridized carbons (Fsp3) is 0.0909. The van der Waals surface area contributed by atoms with E-state index in [1.807, 2.05) is 0 Å². The van der Waals surface area contributed by atoms with E-state index in [-0.39, 0.29) is 18.1 Å². The van der Waals surface area contributed by atoms with Crippen molar-refractivity contribution in [1.82, 2.24) is 10.2 Å². The molecular formula is C11H10FN3O2. The van der Waals surface area contributed by atoms with Gasteiger partial charge in [-0.25, -0.2) is 9.18 Å². The van der Waals surface area contributed by atoms with Gasteiger partial charge < -0.3 is 10.5 Å². The molecule has 0 fully saturated rings. The maximum atomic E-state index is 13.2. The first-order valence-electron chi connectivity index (χ1n) is 4.88. The van der Waals surface area contributed by atoms with Crippen LogP contribution in [0.1, 0.15) is 16.1 Å². The van der Waals surface area contributed by atoms with E-state index in [4.69, 9.17) is 10.5 Å². The second-order valence-corrected chi connectivity index (χ2v) is 3.37. The van der Waals surface area contributed by atoms with Gasteiger partial charge in [-0.1, -0.05) is 18.2 Å². The van der Waals surface area contributed by atoms with Gasteiger partial charge in [0.15, 0.2) is 0 Å². The monoisotopic (exact) mass is 235 g/mol. The highest BCUT2D eigenvalue weighted by Gasteiger charge is 2.11. The first-order valence-corrected chi connectivity index (χ1v) is 4.88. The topological polar surface area (TPSA) is 81.0 Å². The molecule has 0 atom stereocenters. The summed E-state index contributed by atoms with van der Waals surface area (Å²) in [7, 11) is 0. The number of aromatic amines is 1. The molecule has 5 nitrogen and oxygen atoms in total. The molecule has 0 saturated heterocycles. The molecule has 0 aliphatic rings. The number of aromatic nitrogens is 2. The molecule has 0 saturated carbocycles. The highest BCUT2D eigenvalue weighted by atomic mass is 19.1. The number of hydrogen-bond acceptors (Lipinski definition) is 4. The van der Waals surface area contributed by atoms with Crippen LogP contribution >= 0.6 is 0 Å². The number of anilines is 1. The van der Waals surface area contributed by atoms with Crippen LogP contribution in [0.2, 0.25) is 0 Å². The van der Waals surface area contributed by atoms with Gasteiger partial charge in [-0.15, -0.1) is 0 Å². The van der Waals surface area contributed by atoms with Gasteiger partial charge in [0.25, 0.3) is 0 Å². The van der Waals surface area contributed by atoms with E-state index in [0.717, 1.165) is 0 Å². The minimum absolute atomic E-state index is 0.134. The van der Waals surface area contributed by atoms with Gasteiger partial charge in [-0.2, -0.15) is 5.10 Å². The van der Waals surface area contributed by atoms with Crippen LogP contribution < -0.4 is 5.73 Å². The molecule has 0 radical (unpaired) electrons. The number of rotatable bonds is 3. The molecule has 0 bridgehead atoms. The molecule has 2 aromatic rings. The number of nitrogen functional groups attached to an aromatic ring is 1. The molecule has 0 amide bonds. The highest BCUT2D eigenvalue weighted by Crippen LogP contribution is 2.09. The Balaban J connectivity index is 1.99. The molecule has 0 unspecified atom stereocenters. The molecular weight excluding hydrogens is 225 g/mol. The Kier molecular flexibility index (Phi) is 3.04. The summed E-state index contributed by atoms with van der Waals surface area (Å²) in [5.41, 5.74) is 5.79. The molecule has 6 heteroatoms. The minimum Gasteiger partial charge on any atom is -0.456 e. The van der Waals surface area contributed by atoms with Gasteiger partial charge in [0.2, 0.25) is 0 Å². The van der Waals surface area contributed by atoms with Gasteiger partial charge in [-0.3, -0.25) is 5.10 Å². The van der Waals surface area contributed by atoms with Crippen molar-refractivity contribution in [3.8, 4) is 0 Å². The molecule has 1 heterocycles. The lowest BCUT2D eigenvalue weighted by Crippen LogP contribution is -2.06. The number of hydrogen-bond donors (Lipinski definition) is 2. The Bertz CT molecular complexity index is 539. The Morgan fingerprint density at radius 1 is 1.47 bits per heavy atom. The second-order valence-electron chi connectivity index (χ2n) is 3.37. The highest BCUT2D eigenvalue weighted by molar-refractivity contribution is 5.87. The van der Waals surface area contributed by atoms with E-state index in [0.29, 0.717) is 5.56 Å². The van der Waals surface area contributed by atoms with Crippen LogP contribution in [-0.2, 0) is 11.3 Å². The summed E-state index contributed by atoms with van der Waals surface area (Å²) in [4.78, 5) is 11.5. The summed E-state index contributed by atoms with van der Waals surface area (Å²) in [5.74, 6) is -0.843. The van der Waals surface area contributed by atoms with Crippen LogP contribution in [0, 0.1) is 5.82 Å². The largest absolute Gasteiger partial charge is 0.456 e. The third-order valence-electron chi connectivity index (χ3n) is 2.13. The molecule has 3 N–H and O–H groups in total. The molecule has 17 heavy (non-hydrogen) atoms. The Labute approximate surface area is 96.4 Å². The Hall–Kier alpha value is -2.37. The first kappa shape index (κ1) is 11.1. The zero-order valence-electron chi connectivity index (χ0n) is 8.81. The van der Waals surface area contributed by atoms with Gasteiger partial charge >= 0.3 is 5.97 Å². The molecule has 0 aliphatic carbocycles. The summed E-state index contributed by atoms with van der Waals surface area (Å²) >= 11 is 0. The van der Waals surface area contributed by atoms with Crippen LogP contribution in [0.3, 0.4) is 0 Å². The maximum Gasteiger partial charge on any atom is 0.356 e. The van der Waals surface area contributed by atoms with Gasteiger partial charge in [0.1, 0.15) is 23.9 Å². The minimum atomic E-state index is -0.627. The van der Waals surface area contributed by atoms with E-state index in [1.54, 1.807) is 18.2 Å². The van der Waals surface area contributed by atoms with Crippen molar-refractivity contribution in [3.05, 3.63) is 47.4 Å². The summed E-state index contributed by atoms with van der Waals surface area (Å²) < 4.78 is 18.1. The lowest BCUT2D eigenvalue weighted by Gasteiger charge is -2.03. The average Bonchev–Trinajstić information content (AvgIpc) is 2.74. The quantitative estimate of drug-likeness (QED) is 0.790. The van der Waals surface area contributed by atoms with Crippen molar-refractivity contribution in [2.45, 2.75) is 6.61 Å². The Morgan fingerprint density at radius 3 is 2.88 bits per heavy atom. The maximum absolute atomic E-state index is 13.2. The first-order chi connectivity index (χ1) is 8.16. The molecule has 0 aliphatic heterocycles. The standard InChI is InChI=1S/C11H10FN3O2/c12-8-4-2-1-3-7(8)6-17-11(16)9-5-10(13)15-14-9/h1-5H,6H2,(H3,13,14,15). The number of ether oxygens (including phenoxy) is 1. The molecule has 2 rings (SSSR count). The smallest absolute Gasteiger partial charge is 0.356 e. The molecule has 88 valence electrons. The lowest BCUT2D eigenvalue weighted by molar-refractivity contribution is 0.0462. The van der Waals surface area contributed by atoms with Gasteiger partial charge in [0, 0.05) is 11.6 Å². The van der Waals surface area contributed by atoms with Crippen LogP contribution in [0.25, 0.3) is 0 Å². The average molecular weight is 235 g/mol. The van der Waals surface area contributed by atoms with Crippen molar-refractivity contribution >= 4 is 11.8 Å². The summed E-state index contributed by atoms with van der Waals surface area (Å²) in [6.45, 7) is -0.134. The van der Waals surface area contributed by atoms with Crippen LogP contribution in [-0.4, -0.2) is 16.2 Å². The fourth-order valence-corrected chi connectivity index (χ4v) is 1.28.